The number of piperidine rings is 1. The van der Waals surface area contributed by atoms with Crippen molar-refractivity contribution in [3.05, 3.63) is 54.1 Å². The van der Waals surface area contributed by atoms with Crippen LogP contribution in [0.15, 0.2) is 48.5 Å². The van der Waals surface area contributed by atoms with Crippen molar-refractivity contribution in [3.8, 4) is 17.2 Å². The molecule has 1 aliphatic rings. The van der Waals surface area contributed by atoms with Crippen LogP contribution >= 0.6 is 0 Å². The van der Waals surface area contributed by atoms with Gasteiger partial charge < -0.3 is 28.7 Å². The highest BCUT2D eigenvalue weighted by molar-refractivity contribution is 5.84. The summed E-state index contributed by atoms with van der Waals surface area (Å²) in [6, 6.07) is 14.5. The third kappa shape index (κ3) is 7.37. The lowest BCUT2D eigenvalue weighted by atomic mass is 9.95. The van der Waals surface area contributed by atoms with Crippen LogP contribution in [0.1, 0.15) is 18.4 Å². The maximum absolute atomic E-state index is 13.4. The van der Waals surface area contributed by atoms with Crippen molar-refractivity contribution in [3.63, 3.8) is 0 Å². The maximum atomic E-state index is 13.4. The molecular formula is C26H32N2O7. The van der Waals surface area contributed by atoms with Gasteiger partial charge in [0.05, 0.1) is 21.3 Å². The molecule has 0 unspecified atom stereocenters. The molecule has 0 N–H and O–H groups in total. The molecule has 0 aromatic heterocycles. The second kappa shape index (κ2) is 12.6. The van der Waals surface area contributed by atoms with E-state index in [9.17, 15) is 14.4 Å². The van der Waals surface area contributed by atoms with Crippen LogP contribution in [0.4, 0.5) is 0 Å². The topological polar surface area (TPSA) is 94.6 Å². The Hall–Kier alpha value is -3.75. The quantitative estimate of drug-likeness (QED) is 0.478. The van der Waals surface area contributed by atoms with Crippen LogP contribution in [-0.2, 0) is 25.7 Å². The van der Waals surface area contributed by atoms with Crippen molar-refractivity contribution in [2.45, 2.75) is 19.4 Å². The Balaban J connectivity index is 1.61. The number of nitrogens with zero attached hydrogens (tertiary/aromatic N) is 2. The summed E-state index contributed by atoms with van der Waals surface area (Å²) in [7, 11) is 4.40. The Bertz CT molecular complexity index is 982. The number of ether oxygens (including phenoxy) is 4. The molecule has 0 saturated carbocycles. The summed E-state index contributed by atoms with van der Waals surface area (Å²) in [6.07, 6.45) is 1.02. The monoisotopic (exact) mass is 484 g/mol. The van der Waals surface area contributed by atoms with E-state index in [2.05, 4.69) is 0 Å². The third-order valence-electron chi connectivity index (χ3n) is 5.95. The minimum absolute atomic E-state index is 0.0469. The second-order valence-electron chi connectivity index (χ2n) is 8.25. The molecule has 1 saturated heterocycles. The lowest BCUT2D eigenvalue weighted by Gasteiger charge is -2.34. The minimum Gasteiger partial charge on any atom is -0.497 e. The molecule has 3 rings (SSSR count). The van der Waals surface area contributed by atoms with E-state index in [0.717, 1.165) is 5.56 Å². The summed E-state index contributed by atoms with van der Waals surface area (Å²) in [4.78, 5) is 41.2. The van der Waals surface area contributed by atoms with Crippen LogP contribution in [0.2, 0.25) is 0 Å². The highest BCUT2D eigenvalue weighted by atomic mass is 16.5. The number of hydrogen-bond donors (Lipinski definition) is 0. The molecular weight excluding hydrogens is 452 g/mol. The SMILES string of the molecule is COC(=O)CN(Cc1cc(OC)cc(OC)c1)C(=O)C1CCN(C(=O)COc2ccccc2)CC1. The van der Waals surface area contributed by atoms with Gasteiger partial charge in [0.2, 0.25) is 5.91 Å². The Kier molecular flexibility index (Phi) is 9.34. The number of carbonyl (C=O) groups excluding carboxylic acids is 3. The standard InChI is InChI=1S/C26H32N2O7/c1-32-22-13-19(14-23(15-22)33-2)16-28(17-25(30)34-3)26(31)20-9-11-27(12-10-20)24(29)18-35-21-7-5-4-6-8-21/h4-8,13-15,20H,9-12,16-18H2,1-3H3. The van der Waals surface area contributed by atoms with E-state index in [1.807, 2.05) is 18.2 Å². The smallest absolute Gasteiger partial charge is 0.325 e. The first kappa shape index (κ1) is 25.9. The summed E-state index contributed by atoms with van der Waals surface area (Å²) in [5.41, 5.74) is 0.768. The van der Waals surface area contributed by atoms with Crippen molar-refractivity contribution in [1.29, 1.82) is 0 Å². The third-order valence-corrected chi connectivity index (χ3v) is 5.95. The number of carbonyl (C=O) groups is 3. The number of benzene rings is 2. The predicted octanol–water partition coefficient (Wildman–Crippen LogP) is 2.52. The molecule has 1 heterocycles. The number of hydrogen-bond acceptors (Lipinski definition) is 7. The summed E-state index contributed by atoms with van der Waals surface area (Å²) in [5, 5.41) is 0. The fraction of sp³-hybridized carbons (Fsp3) is 0.423. The van der Waals surface area contributed by atoms with Crippen molar-refractivity contribution < 1.29 is 33.3 Å². The van der Waals surface area contributed by atoms with E-state index in [4.69, 9.17) is 18.9 Å². The summed E-state index contributed by atoms with van der Waals surface area (Å²) >= 11 is 0. The molecule has 0 atom stereocenters. The zero-order chi connectivity index (χ0) is 25.2. The number of para-hydroxylation sites is 1. The summed E-state index contributed by atoms with van der Waals surface area (Å²) in [5.74, 6) is 0.756. The molecule has 2 amide bonds. The van der Waals surface area contributed by atoms with Gasteiger partial charge in [0.25, 0.3) is 5.91 Å². The van der Waals surface area contributed by atoms with Crippen molar-refractivity contribution in [2.75, 3.05) is 47.6 Å². The van der Waals surface area contributed by atoms with Crippen molar-refractivity contribution in [2.24, 2.45) is 5.92 Å². The molecule has 9 heteroatoms. The second-order valence-corrected chi connectivity index (χ2v) is 8.25. The van der Waals surface area contributed by atoms with E-state index < -0.39 is 5.97 Å². The van der Waals surface area contributed by atoms with Gasteiger partial charge in [-0.3, -0.25) is 14.4 Å². The number of rotatable bonds is 10. The fourth-order valence-corrected chi connectivity index (χ4v) is 4.00. The highest BCUT2D eigenvalue weighted by Gasteiger charge is 2.31. The lowest BCUT2D eigenvalue weighted by molar-refractivity contribution is -0.150. The number of amides is 2. The van der Waals surface area contributed by atoms with Crippen LogP contribution in [-0.4, -0.2) is 75.2 Å². The van der Waals surface area contributed by atoms with Gasteiger partial charge >= 0.3 is 5.97 Å². The van der Waals surface area contributed by atoms with E-state index in [-0.39, 0.29) is 37.4 Å². The zero-order valence-electron chi connectivity index (χ0n) is 20.4. The van der Waals surface area contributed by atoms with E-state index in [0.29, 0.717) is 43.2 Å². The van der Waals surface area contributed by atoms with Crippen LogP contribution in [0, 0.1) is 5.92 Å². The maximum Gasteiger partial charge on any atom is 0.325 e. The minimum atomic E-state index is -0.501. The van der Waals surface area contributed by atoms with E-state index >= 15 is 0 Å². The molecule has 2 aromatic rings. The molecule has 0 aliphatic carbocycles. The first-order valence-corrected chi connectivity index (χ1v) is 11.5. The Morgan fingerprint density at radius 1 is 0.914 bits per heavy atom. The lowest BCUT2D eigenvalue weighted by Crippen LogP contribution is -2.46. The average molecular weight is 485 g/mol. The van der Waals surface area contributed by atoms with Gasteiger partial charge in [-0.1, -0.05) is 18.2 Å². The average Bonchev–Trinajstić information content (AvgIpc) is 2.91. The number of esters is 1. The van der Waals surface area contributed by atoms with Gasteiger partial charge in [-0.25, -0.2) is 0 Å². The molecule has 188 valence electrons. The van der Waals surface area contributed by atoms with Gasteiger partial charge in [0.1, 0.15) is 23.8 Å². The first-order chi connectivity index (χ1) is 16.9. The first-order valence-electron chi connectivity index (χ1n) is 11.5. The van der Waals surface area contributed by atoms with Gasteiger partial charge in [-0.2, -0.15) is 0 Å². The van der Waals surface area contributed by atoms with Gasteiger partial charge in [0.15, 0.2) is 6.61 Å². The zero-order valence-corrected chi connectivity index (χ0v) is 20.4. The van der Waals surface area contributed by atoms with Crippen molar-refractivity contribution in [1.82, 2.24) is 9.80 Å². The number of methoxy groups -OCH3 is 3. The molecule has 0 bridgehead atoms. The molecule has 1 fully saturated rings. The summed E-state index contributed by atoms with van der Waals surface area (Å²) in [6.45, 7) is 0.887. The largest absolute Gasteiger partial charge is 0.497 e. The fourth-order valence-electron chi connectivity index (χ4n) is 4.00. The molecule has 2 aromatic carbocycles. The molecule has 9 nitrogen and oxygen atoms in total. The van der Waals surface area contributed by atoms with Crippen molar-refractivity contribution >= 4 is 17.8 Å². The molecule has 0 spiro atoms. The van der Waals surface area contributed by atoms with E-state index in [1.165, 1.54) is 12.0 Å². The Morgan fingerprint density at radius 3 is 2.11 bits per heavy atom. The summed E-state index contributed by atoms with van der Waals surface area (Å²) < 4.78 is 21.0. The molecule has 35 heavy (non-hydrogen) atoms. The van der Waals surface area contributed by atoms with Crippen LogP contribution in [0.3, 0.4) is 0 Å². The number of likely N-dealkylation sites (tertiary alicyclic amines) is 1. The van der Waals surface area contributed by atoms with Crippen LogP contribution in [0.25, 0.3) is 0 Å². The predicted molar refractivity (Wildman–Crippen MR) is 128 cm³/mol. The molecule has 0 radical (unpaired) electrons. The normalized spacial score (nSPS) is 13.6. The van der Waals surface area contributed by atoms with Crippen LogP contribution in [0.5, 0.6) is 17.2 Å². The molecule has 1 aliphatic heterocycles. The Morgan fingerprint density at radius 2 is 1.54 bits per heavy atom. The van der Waals surface area contributed by atoms with Gasteiger partial charge in [0, 0.05) is 31.6 Å². The van der Waals surface area contributed by atoms with E-state index in [1.54, 1.807) is 49.5 Å². The highest BCUT2D eigenvalue weighted by Crippen LogP contribution is 2.25. The van der Waals surface area contributed by atoms with Gasteiger partial charge in [-0.15, -0.1) is 0 Å². The Labute approximate surface area is 205 Å². The van der Waals surface area contributed by atoms with Crippen LogP contribution < -0.4 is 14.2 Å². The van der Waals surface area contributed by atoms with Gasteiger partial charge in [-0.05, 0) is 42.7 Å².